The third-order valence-electron chi connectivity index (χ3n) is 3.22. The van der Waals surface area contributed by atoms with E-state index in [1.54, 1.807) is 24.3 Å². The molecule has 0 aliphatic heterocycles. The summed E-state index contributed by atoms with van der Waals surface area (Å²) in [5, 5.41) is 4.01. The van der Waals surface area contributed by atoms with Crippen LogP contribution in [0.5, 0.6) is 0 Å². The van der Waals surface area contributed by atoms with Gasteiger partial charge in [-0.2, -0.15) is 5.10 Å². The van der Waals surface area contributed by atoms with Gasteiger partial charge in [-0.1, -0.05) is 29.3 Å². The van der Waals surface area contributed by atoms with Crippen LogP contribution in [0.3, 0.4) is 0 Å². The summed E-state index contributed by atoms with van der Waals surface area (Å²) >= 11 is 3.28. The van der Waals surface area contributed by atoms with Crippen LogP contribution in [-0.2, 0) is 6.54 Å². The Bertz CT molecular complexity index is 787. The highest BCUT2D eigenvalue weighted by molar-refractivity contribution is 9.10. The van der Waals surface area contributed by atoms with Crippen LogP contribution in [0.1, 0.15) is 40.6 Å². The predicted molar refractivity (Wildman–Crippen MR) is 92.5 cm³/mol. The minimum Gasteiger partial charge on any atom is -0.268 e. The van der Waals surface area contributed by atoms with Crippen LogP contribution in [0.15, 0.2) is 45.7 Å². The van der Waals surface area contributed by atoms with Gasteiger partial charge >= 0.3 is 0 Å². The molecule has 126 valence electrons. The molecule has 0 aliphatic rings. The van der Waals surface area contributed by atoms with Crippen molar-refractivity contribution in [2.75, 3.05) is 0 Å². The van der Waals surface area contributed by atoms with Crippen LogP contribution < -0.4 is 16.4 Å². The van der Waals surface area contributed by atoms with Crippen molar-refractivity contribution in [3.05, 3.63) is 62.5 Å². The molecular weight excluding hydrogens is 376 g/mol. The van der Waals surface area contributed by atoms with E-state index in [1.165, 1.54) is 16.8 Å². The van der Waals surface area contributed by atoms with Gasteiger partial charge < -0.3 is 0 Å². The minimum atomic E-state index is -0.592. The Hall–Kier alpha value is -2.48. The maximum Gasteiger partial charge on any atom is 0.290 e. The smallest absolute Gasteiger partial charge is 0.268 e. The molecule has 0 unspecified atom stereocenters. The minimum absolute atomic E-state index is 0.0572. The van der Waals surface area contributed by atoms with Gasteiger partial charge in [-0.3, -0.25) is 25.2 Å². The lowest BCUT2D eigenvalue weighted by Gasteiger charge is -2.08. The fourth-order valence-corrected chi connectivity index (χ4v) is 2.15. The molecule has 1 heterocycles. The van der Waals surface area contributed by atoms with Crippen LogP contribution in [0.4, 0.5) is 0 Å². The first-order valence-corrected chi connectivity index (χ1v) is 8.25. The SMILES string of the molecule is CCCCn1nc(C(=O)NNC(=O)c2ccc(Br)cc2)ccc1=O. The molecule has 0 bridgehead atoms. The summed E-state index contributed by atoms with van der Waals surface area (Å²) < 4.78 is 2.09. The summed E-state index contributed by atoms with van der Waals surface area (Å²) in [6.45, 7) is 2.45. The normalized spacial score (nSPS) is 10.2. The highest BCUT2D eigenvalue weighted by atomic mass is 79.9. The van der Waals surface area contributed by atoms with Crippen molar-refractivity contribution in [2.24, 2.45) is 0 Å². The number of aromatic nitrogens is 2. The molecule has 0 saturated carbocycles. The number of halogens is 1. The van der Waals surface area contributed by atoms with E-state index in [0.29, 0.717) is 12.1 Å². The zero-order chi connectivity index (χ0) is 17.5. The second-order valence-corrected chi connectivity index (χ2v) is 5.96. The van der Waals surface area contributed by atoms with E-state index >= 15 is 0 Å². The maximum absolute atomic E-state index is 12.1. The summed E-state index contributed by atoms with van der Waals surface area (Å²) in [6, 6.07) is 9.30. The van der Waals surface area contributed by atoms with E-state index in [0.717, 1.165) is 17.3 Å². The van der Waals surface area contributed by atoms with Gasteiger partial charge in [0.1, 0.15) is 0 Å². The van der Waals surface area contributed by atoms with E-state index in [4.69, 9.17) is 0 Å². The molecule has 0 radical (unpaired) electrons. The van der Waals surface area contributed by atoms with Crippen molar-refractivity contribution < 1.29 is 9.59 Å². The monoisotopic (exact) mass is 392 g/mol. The maximum atomic E-state index is 12.1. The van der Waals surface area contributed by atoms with E-state index in [9.17, 15) is 14.4 Å². The highest BCUT2D eigenvalue weighted by Gasteiger charge is 2.11. The lowest BCUT2D eigenvalue weighted by molar-refractivity contribution is 0.0842. The Morgan fingerprint density at radius 3 is 2.42 bits per heavy atom. The van der Waals surface area contributed by atoms with Gasteiger partial charge in [0.25, 0.3) is 17.4 Å². The molecule has 0 aliphatic carbocycles. The Kier molecular flexibility index (Phi) is 6.25. The predicted octanol–water partition coefficient (Wildman–Crippen LogP) is 1.88. The summed E-state index contributed by atoms with van der Waals surface area (Å²) in [5.74, 6) is -1.04. The van der Waals surface area contributed by atoms with Crippen LogP contribution in [0.25, 0.3) is 0 Å². The zero-order valence-corrected chi connectivity index (χ0v) is 14.7. The highest BCUT2D eigenvalue weighted by Crippen LogP contribution is 2.10. The van der Waals surface area contributed by atoms with Crippen molar-refractivity contribution >= 4 is 27.7 Å². The Morgan fingerprint density at radius 2 is 1.75 bits per heavy atom. The second kappa shape index (κ2) is 8.39. The average molecular weight is 393 g/mol. The quantitative estimate of drug-likeness (QED) is 0.759. The average Bonchev–Trinajstić information content (AvgIpc) is 2.59. The van der Waals surface area contributed by atoms with Crippen molar-refractivity contribution in [3.8, 4) is 0 Å². The number of carbonyl (C=O) groups is 2. The summed E-state index contributed by atoms with van der Waals surface area (Å²) in [7, 11) is 0. The number of nitrogens with zero attached hydrogens (tertiary/aromatic N) is 2. The third-order valence-corrected chi connectivity index (χ3v) is 3.75. The standard InChI is InChI=1S/C16H17BrN4O3/c1-2-3-10-21-14(22)9-8-13(20-21)16(24)19-18-15(23)11-4-6-12(17)7-5-11/h4-9H,2-3,10H2,1H3,(H,18,23)(H,19,24). The van der Waals surface area contributed by atoms with Crippen molar-refractivity contribution in [1.29, 1.82) is 0 Å². The van der Waals surface area contributed by atoms with Crippen molar-refractivity contribution in [3.63, 3.8) is 0 Å². The summed E-state index contributed by atoms with van der Waals surface area (Å²) in [6.07, 6.45) is 1.70. The Labute approximate surface area is 147 Å². The molecule has 1 aromatic carbocycles. The number of hydrazine groups is 1. The van der Waals surface area contributed by atoms with Gasteiger partial charge in [-0.25, -0.2) is 4.68 Å². The van der Waals surface area contributed by atoms with Gasteiger partial charge in [0.2, 0.25) is 0 Å². The first-order chi connectivity index (χ1) is 11.5. The summed E-state index contributed by atoms with van der Waals surface area (Å²) in [5.41, 5.74) is 4.79. The molecular formula is C16H17BrN4O3. The molecule has 7 nitrogen and oxygen atoms in total. The van der Waals surface area contributed by atoms with E-state index < -0.39 is 11.8 Å². The number of hydrogen-bond acceptors (Lipinski definition) is 4. The molecule has 2 amide bonds. The fraction of sp³-hybridized carbons (Fsp3) is 0.250. The fourth-order valence-electron chi connectivity index (χ4n) is 1.89. The van der Waals surface area contributed by atoms with Gasteiger partial charge in [0.05, 0.1) is 0 Å². The molecule has 0 saturated heterocycles. The number of hydrogen-bond donors (Lipinski definition) is 2. The number of benzene rings is 1. The van der Waals surface area contributed by atoms with Crippen LogP contribution >= 0.6 is 15.9 Å². The first kappa shape index (κ1) is 17.9. The van der Waals surface area contributed by atoms with Crippen LogP contribution in [0.2, 0.25) is 0 Å². The van der Waals surface area contributed by atoms with E-state index in [1.807, 2.05) is 6.92 Å². The van der Waals surface area contributed by atoms with Crippen LogP contribution in [0, 0.1) is 0 Å². The molecule has 0 spiro atoms. The molecule has 0 atom stereocenters. The number of carbonyl (C=O) groups excluding carboxylic acids is 2. The zero-order valence-electron chi connectivity index (χ0n) is 13.1. The largest absolute Gasteiger partial charge is 0.290 e. The number of nitrogens with one attached hydrogen (secondary N) is 2. The van der Waals surface area contributed by atoms with E-state index in [-0.39, 0.29) is 11.3 Å². The molecule has 1 aromatic heterocycles. The Morgan fingerprint density at radius 1 is 1.08 bits per heavy atom. The summed E-state index contributed by atoms with van der Waals surface area (Å²) in [4.78, 5) is 35.7. The molecule has 0 fully saturated rings. The van der Waals surface area contributed by atoms with Gasteiger partial charge in [-0.15, -0.1) is 0 Å². The molecule has 2 N–H and O–H groups in total. The lowest BCUT2D eigenvalue weighted by Crippen LogP contribution is -2.42. The molecule has 8 heteroatoms. The molecule has 2 aromatic rings. The van der Waals surface area contributed by atoms with Crippen LogP contribution in [-0.4, -0.2) is 21.6 Å². The number of rotatable bonds is 5. The van der Waals surface area contributed by atoms with Crippen molar-refractivity contribution in [1.82, 2.24) is 20.6 Å². The van der Waals surface area contributed by atoms with Gasteiger partial charge in [0, 0.05) is 22.6 Å². The first-order valence-electron chi connectivity index (χ1n) is 7.45. The second-order valence-electron chi connectivity index (χ2n) is 5.05. The lowest BCUT2D eigenvalue weighted by atomic mass is 10.2. The number of amides is 2. The topological polar surface area (TPSA) is 93.1 Å². The third kappa shape index (κ3) is 4.76. The number of unbranched alkanes of at least 4 members (excludes halogenated alkanes) is 1. The van der Waals surface area contributed by atoms with Gasteiger partial charge in [-0.05, 0) is 36.8 Å². The Balaban J connectivity index is 2.00. The number of aryl methyl sites for hydroxylation is 1. The molecule has 24 heavy (non-hydrogen) atoms. The van der Waals surface area contributed by atoms with E-state index in [2.05, 4.69) is 31.9 Å². The van der Waals surface area contributed by atoms with Crippen molar-refractivity contribution in [2.45, 2.75) is 26.3 Å². The van der Waals surface area contributed by atoms with Gasteiger partial charge in [0.15, 0.2) is 5.69 Å². The molecule has 2 rings (SSSR count).